The highest BCUT2D eigenvalue weighted by molar-refractivity contribution is 7.22. The number of methoxy groups -OCH3 is 2. The molecule has 0 spiro atoms. The van der Waals surface area contributed by atoms with Crippen LogP contribution in [0.25, 0.3) is 10.2 Å². The minimum absolute atomic E-state index is 0. The Labute approximate surface area is 213 Å². The van der Waals surface area contributed by atoms with Gasteiger partial charge in [0.25, 0.3) is 5.91 Å². The topological polar surface area (TPSA) is 82.6 Å². The van der Waals surface area contributed by atoms with Crippen molar-refractivity contribution in [2.45, 2.75) is 6.10 Å². The molecule has 0 aliphatic carbocycles. The second-order valence-corrected chi connectivity index (χ2v) is 8.93. The normalized spacial score (nSPS) is 17.5. The van der Waals surface area contributed by atoms with Crippen LogP contribution in [0.1, 0.15) is 0 Å². The zero-order valence-corrected chi connectivity index (χ0v) is 21.2. The van der Waals surface area contributed by atoms with E-state index in [1.165, 1.54) is 11.3 Å². The molecule has 1 aromatic heterocycles. The standard InChI is InChI=1S/C24H27N3O6S.ClH/c1-29-18-7-8-19(30-2)22-21(18)25-24(34-22)27(10-9-26-11-13-31-14-12-26)23(28)20-15-32-16-5-3-4-6-17(16)33-20;/h3-8,20H,9-15H2,1-2H3;1H. The van der Waals surface area contributed by atoms with Gasteiger partial charge in [0.1, 0.15) is 28.3 Å². The second-order valence-electron chi connectivity index (χ2n) is 7.95. The lowest BCUT2D eigenvalue weighted by molar-refractivity contribution is -0.127. The molecule has 0 bridgehead atoms. The minimum atomic E-state index is -0.768. The molecule has 1 fully saturated rings. The van der Waals surface area contributed by atoms with E-state index in [1.54, 1.807) is 25.2 Å². The van der Waals surface area contributed by atoms with Gasteiger partial charge in [-0.3, -0.25) is 14.6 Å². The lowest BCUT2D eigenvalue weighted by Gasteiger charge is -2.32. The van der Waals surface area contributed by atoms with Crippen LogP contribution in [0.4, 0.5) is 5.13 Å². The summed E-state index contributed by atoms with van der Waals surface area (Å²) in [7, 11) is 3.22. The Bertz CT molecular complexity index is 1130. The maximum Gasteiger partial charge on any atom is 0.273 e. The van der Waals surface area contributed by atoms with Gasteiger partial charge in [-0.05, 0) is 24.3 Å². The van der Waals surface area contributed by atoms with Gasteiger partial charge in [0.05, 0.1) is 27.4 Å². The van der Waals surface area contributed by atoms with E-state index in [0.29, 0.717) is 59.9 Å². The predicted molar refractivity (Wildman–Crippen MR) is 136 cm³/mol. The summed E-state index contributed by atoms with van der Waals surface area (Å²) in [5, 5.41) is 0.568. The van der Waals surface area contributed by atoms with Crippen LogP contribution in [-0.2, 0) is 9.53 Å². The Balaban J connectivity index is 0.00000289. The molecule has 1 unspecified atom stereocenters. The molecule has 0 N–H and O–H groups in total. The van der Waals surface area contributed by atoms with E-state index in [2.05, 4.69) is 4.90 Å². The first-order valence-corrected chi connectivity index (χ1v) is 12.0. The van der Waals surface area contributed by atoms with Gasteiger partial charge in [-0.25, -0.2) is 4.98 Å². The monoisotopic (exact) mass is 521 g/mol. The number of para-hydroxylation sites is 2. The van der Waals surface area contributed by atoms with Crippen LogP contribution in [0, 0.1) is 0 Å². The number of anilines is 1. The van der Waals surface area contributed by atoms with E-state index < -0.39 is 6.10 Å². The number of halogens is 1. The van der Waals surface area contributed by atoms with E-state index in [4.69, 9.17) is 28.7 Å². The number of hydrogen-bond acceptors (Lipinski definition) is 9. The van der Waals surface area contributed by atoms with Crippen LogP contribution in [0.5, 0.6) is 23.0 Å². The molecule has 1 amide bonds. The number of carbonyl (C=O) groups excluding carboxylic acids is 1. The summed E-state index contributed by atoms with van der Waals surface area (Å²) < 4.78 is 29.2. The number of thiazole rings is 1. The first kappa shape index (κ1) is 25.3. The highest BCUT2D eigenvalue weighted by Gasteiger charge is 2.34. The van der Waals surface area contributed by atoms with Gasteiger partial charge in [-0.2, -0.15) is 0 Å². The number of amides is 1. The third kappa shape index (κ3) is 5.25. The van der Waals surface area contributed by atoms with Crippen molar-refractivity contribution in [3.05, 3.63) is 36.4 Å². The number of fused-ring (bicyclic) bond motifs is 2. The average molecular weight is 522 g/mol. The van der Waals surface area contributed by atoms with Gasteiger partial charge in [0.15, 0.2) is 16.6 Å². The van der Waals surface area contributed by atoms with Crippen molar-refractivity contribution in [2.75, 3.05) is 65.1 Å². The molecule has 2 aliphatic heterocycles. The van der Waals surface area contributed by atoms with Gasteiger partial charge in [-0.15, -0.1) is 12.4 Å². The summed E-state index contributed by atoms with van der Waals surface area (Å²) >= 11 is 1.40. The van der Waals surface area contributed by atoms with Crippen LogP contribution < -0.4 is 23.8 Å². The van der Waals surface area contributed by atoms with Gasteiger partial charge in [0, 0.05) is 26.2 Å². The van der Waals surface area contributed by atoms with Gasteiger partial charge >= 0.3 is 0 Å². The molecule has 1 saturated heterocycles. The highest BCUT2D eigenvalue weighted by atomic mass is 35.5. The molecule has 2 aliphatic rings. The van der Waals surface area contributed by atoms with Crippen molar-refractivity contribution in [2.24, 2.45) is 0 Å². The number of ether oxygens (including phenoxy) is 5. The molecule has 35 heavy (non-hydrogen) atoms. The fourth-order valence-electron chi connectivity index (χ4n) is 4.07. The molecule has 3 heterocycles. The van der Waals surface area contributed by atoms with Gasteiger partial charge in [-0.1, -0.05) is 23.5 Å². The first-order valence-electron chi connectivity index (χ1n) is 11.2. The fourth-order valence-corrected chi connectivity index (χ4v) is 5.18. The smallest absolute Gasteiger partial charge is 0.273 e. The minimum Gasteiger partial charge on any atom is -0.495 e. The van der Waals surface area contributed by atoms with Crippen molar-refractivity contribution in [1.29, 1.82) is 0 Å². The maximum atomic E-state index is 13.7. The van der Waals surface area contributed by atoms with Crippen LogP contribution in [0.3, 0.4) is 0 Å². The molecule has 11 heteroatoms. The molecule has 3 aromatic rings. The lowest BCUT2D eigenvalue weighted by atomic mass is 10.2. The number of morpholine rings is 1. The van der Waals surface area contributed by atoms with Gasteiger partial charge in [0.2, 0.25) is 6.10 Å². The zero-order valence-electron chi connectivity index (χ0n) is 19.6. The third-order valence-corrected chi connectivity index (χ3v) is 7.02. The molecule has 1 atom stereocenters. The fraction of sp³-hybridized carbons (Fsp3) is 0.417. The van der Waals surface area contributed by atoms with Crippen molar-refractivity contribution in [3.8, 4) is 23.0 Å². The van der Waals surface area contributed by atoms with Crippen LogP contribution in [0.2, 0.25) is 0 Å². The Kier molecular flexibility index (Phi) is 8.17. The van der Waals surface area contributed by atoms with Crippen LogP contribution >= 0.6 is 23.7 Å². The molecular weight excluding hydrogens is 494 g/mol. The zero-order chi connectivity index (χ0) is 23.5. The Morgan fingerprint density at radius 3 is 2.57 bits per heavy atom. The quantitative estimate of drug-likeness (QED) is 0.468. The Morgan fingerprint density at radius 1 is 1.11 bits per heavy atom. The maximum absolute atomic E-state index is 13.7. The highest BCUT2D eigenvalue weighted by Crippen LogP contribution is 2.40. The predicted octanol–water partition coefficient (Wildman–Crippen LogP) is 3.24. The van der Waals surface area contributed by atoms with Gasteiger partial charge < -0.3 is 23.7 Å². The molecular formula is C24H28ClN3O6S. The van der Waals surface area contributed by atoms with Crippen molar-refractivity contribution in [3.63, 3.8) is 0 Å². The van der Waals surface area contributed by atoms with E-state index in [0.717, 1.165) is 17.8 Å². The molecule has 5 rings (SSSR count). The first-order chi connectivity index (χ1) is 16.7. The third-order valence-electron chi connectivity index (χ3n) is 5.92. The van der Waals surface area contributed by atoms with E-state index in [1.807, 2.05) is 30.3 Å². The number of rotatable bonds is 7. The summed E-state index contributed by atoms with van der Waals surface area (Å²) in [5.74, 6) is 2.32. The largest absolute Gasteiger partial charge is 0.495 e. The molecule has 0 radical (unpaired) electrons. The number of hydrogen-bond donors (Lipinski definition) is 0. The van der Waals surface area contributed by atoms with Crippen LogP contribution in [0.15, 0.2) is 36.4 Å². The van der Waals surface area contributed by atoms with Crippen LogP contribution in [-0.4, -0.2) is 82.1 Å². The number of nitrogens with zero attached hydrogens (tertiary/aromatic N) is 3. The summed E-state index contributed by atoms with van der Waals surface area (Å²) in [6.07, 6.45) is -0.768. The van der Waals surface area contributed by atoms with E-state index in [-0.39, 0.29) is 24.9 Å². The second kappa shape index (κ2) is 11.3. The number of carbonyl (C=O) groups is 1. The molecule has 0 saturated carbocycles. The molecule has 9 nitrogen and oxygen atoms in total. The SMILES string of the molecule is COc1ccc(OC)c2sc(N(CCN3CCOCC3)C(=O)C3COc4ccccc4O3)nc12.Cl. The summed E-state index contributed by atoms with van der Waals surface area (Å²) in [6.45, 7) is 4.36. The van der Waals surface area contributed by atoms with E-state index in [9.17, 15) is 4.79 Å². The Hall–Kier alpha value is -2.79. The average Bonchev–Trinajstić information content (AvgIpc) is 3.33. The summed E-state index contributed by atoms with van der Waals surface area (Å²) in [6, 6.07) is 11.0. The van der Waals surface area contributed by atoms with E-state index >= 15 is 0 Å². The number of aromatic nitrogens is 1. The summed E-state index contributed by atoms with van der Waals surface area (Å²) in [5.41, 5.74) is 0.664. The summed E-state index contributed by atoms with van der Waals surface area (Å²) in [4.78, 5) is 22.5. The van der Waals surface area contributed by atoms with Crippen molar-refractivity contribution in [1.82, 2.24) is 9.88 Å². The Morgan fingerprint density at radius 2 is 1.83 bits per heavy atom. The number of benzene rings is 2. The molecule has 188 valence electrons. The lowest BCUT2D eigenvalue weighted by Crippen LogP contribution is -2.49. The molecule has 2 aromatic carbocycles. The van der Waals surface area contributed by atoms with Crippen molar-refractivity contribution < 1.29 is 28.5 Å². The van der Waals surface area contributed by atoms with Crippen molar-refractivity contribution >= 4 is 45.0 Å².